The van der Waals surface area contributed by atoms with Crippen molar-refractivity contribution in [2.24, 2.45) is 4.99 Å². The summed E-state index contributed by atoms with van der Waals surface area (Å²) in [7, 11) is 1.54. The quantitative estimate of drug-likeness (QED) is 0.711. The molecule has 1 saturated heterocycles. The van der Waals surface area contributed by atoms with E-state index in [1.54, 1.807) is 31.4 Å². The molecule has 29 heavy (non-hydrogen) atoms. The maximum Gasteiger partial charge on any atom is 0.242 e. The van der Waals surface area contributed by atoms with Crippen LogP contribution in [0.15, 0.2) is 53.5 Å². The summed E-state index contributed by atoms with van der Waals surface area (Å²) in [6, 6.07) is 12.5. The second kappa shape index (κ2) is 9.87. The number of halogens is 2. The molecule has 2 aromatic carbocycles. The maximum absolute atomic E-state index is 13.1. The zero-order valence-electron chi connectivity index (χ0n) is 15.6. The molecule has 0 aliphatic carbocycles. The van der Waals surface area contributed by atoms with Gasteiger partial charge in [-0.1, -0.05) is 29.4 Å². The minimum Gasteiger partial charge on any atom is -0.383 e. The van der Waals surface area contributed by atoms with Gasteiger partial charge in [0.05, 0.1) is 18.8 Å². The van der Waals surface area contributed by atoms with Crippen LogP contribution in [0.25, 0.3) is 0 Å². The summed E-state index contributed by atoms with van der Waals surface area (Å²) in [5.41, 5.74) is 1.09. The number of amidine groups is 1. The summed E-state index contributed by atoms with van der Waals surface area (Å²) in [5.74, 6) is -0.877. The first kappa shape index (κ1) is 21.3. The van der Waals surface area contributed by atoms with Crippen LogP contribution < -0.4 is 5.32 Å². The highest BCUT2D eigenvalue weighted by Crippen LogP contribution is 2.32. The largest absolute Gasteiger partial charge is 0.383 e. The molecule has 1 aliphatic heterocycles. The van der Waals surface area contributed by atoms with E-state index >= 15 is 0 Å². The molecule has 0 radical (unpaired) electrons. The van der Waals surface area contributed by atoms with E-state index in [2.05, 4.69) is 10.3 Å². The van der Waals surface area contributed by atoms with E-state index in [9.17, 15) is 14.0 Å². The highest BCUT2D eigenvalue weighted by molar-refractivity contribution is 8.15. The van der Waals surface area contributed by atoms with Gasteiger partial charge in [0.25, 0.3) is 0 Å². The molecule has 2 aromatic rings. The number of ether oxygens (including phenoxy) is 1. The van der Waals surface area contributed by atoms with Gasteiger partial charge in [-0.05, 0) is 42.5 Å². The van der Waals surface area contributed by atoms with Gasteiger partial charge in [0, 0.05) is 24.2 Å². The lowest BCUT2D eigenvalue weighted by Gasteiger charge is -2.15. The Morgan fingerprint density at radius 1 is 1.31 bits per heavy atom. The molecule has 2 amide bonds. The number of benzene rings is 2. The molecule has 0 saturated carbocycles. The lowest BCUT2D eigenvalue weighted by Crippen LogP contribution is -2.35. The topological polar surface area (TPSA) is 71.0 Å². The van der Waals surface area contributed by atoms with Crippen molar-refractivity contribution in [2.45, 2.75) is 11.7 Å². The third-order valence-corrected chi connectivity index (χ3v) is 5.48. The number of rotatable bonds is 7. The fraction of sp³-hybridized carbons (Fsp3) is 0.250. The second-order valence-corrected chi connectivity index (χ2v) is 7.83. The summed E-state index contributed by atoms with van der Waals surface area (Å²) in [4.78, 5) is 31.2. The van der Waals surface area contributed by atoms with E-state index in [4.69, 9.17) is 16.3 Å². The van der Waals surface area contributed by atoms with Crippen molar-refractivity contribution in [3.05, 3.63) is 59.4 Å². The number of nitrogens with zero attached hydrogens (tertiary/aromatic N) is 2. The molecule has 1 atom stereocenters. The Kier molecular flexibility index (Phi) is 7.24. The van der Waals surface area contributed by atoms with Crippen molar-refractivity contribution in [3.8, 4) is 0 Å². The second-order valence-electron chi connectivity index (χ2n) is 6.22. The Balaban J connectivity index is 1.73. The van der Waals surface area contributed by atoms with Crippen LogP contribution in [-0.4, -0.2) is 47.4 Å². The molecule has 152 valence electrons. The highest BCUT2D eigenvalue weighted by Gasteiger charge is 2.39. The van der Waals surface area contributed by atoms with Gasteiger partial charge in [-0.2, -0.15) is 0 Å². The zero-order valence-corrected chi connectivity index (χ0v) is 17.2. The van der Waals surface area contributed by atoms with Gasteiger partial charge >= 0.3 is 0 Å². The van der Waals surface area contributed by atoms with E-state index in [1.165, 1.54) is 40.9 Å². The lowest BCUT2D eigenvalue weighted by atomic mass is 10.2. The van der Waals surface area contributed by atoms with Gasteiger partial charge in [-0.25, -0.2) is 9.38 Å². The molecule has 0 spiro atoms. The molecule has 3 rings (SSSR count). The Bertz CT molecular complexity index is 923. The van der Waals surface area contributed by atoms with Crippen LogP contribution in [0.4, 0.5) is 15.8 Å². The number of thioether (sulfide) groups is 1. The average molecular weight is 436 g/mol. The Morgan fingerprint density at radius 3 is 2.76 bits per heavy atom. The molecule has 1 N–H and O–H groups in total. The van der Waals surface area contributed by atoms with Gasteiger partial charge in [0.2, 0.25) is 11.8 Å². The molecule has 0 aromatic heterocycles. The molecule has 9 heteroatoms. The lowest BCUT2D eigenvalue weighted by molar-refractivity contribution is -0.128. The first-order valence-corrected chi connectivity index (χ1v) is 10.1. The smallest absolute Gasteiger partial charge is 0.242 e. The fourth-order valence-corrected chi connectivity index (χ4v) is 4.06. The number of anilines is 1. The van der Waals surface area contributed by atoms with Crippen molar-refractivity contribution in [1.29, 1.82) is 0 Å². The van der Waals surface area contributed by atoms with Gasteiger partial charge in [0.1, 0.15) is 11.1 Å². The standard InChI is InChI=1S/C20H19ClFN3O3S/c1-28-10-9-25-19(27)17(12-18(26)23-16-4-2-3-13(21)11-16)29-20(25)24-15-7-5-14(22)6-8-15/h2-8,11,17H,9-10,12H2,1H3,(H,23,26). The third kappa shape index (κ3) is 5.79. The van der Waals surface area contributed by atoms with E-state index < -0.39 is 5.25 Å². The molecule has 1 aliphatic rings. The third-order valence-electron chi connectivity index (χ3n) is 4.07. The number of aliphatic imine (C=N–C) groups is 1. The van der Waals surface area contributed by atoms with Crippen molar-refractivity contribution in [3.63, 3.8) is 0 Å². The van der Waals surface area contributed by atoms with Crippen LogP contribution in [0.5, 0.6) is 0 Å². The molecule has 0 bridgehead atoms. The number of carbonyl (C=O) groups excluding carboxylic acids is 2. The number of methoxy groups -OCH3 is 1. The molecule has 1 unspecified atom stereocenters. The van der Waals surface area contributed by atoms with Gasteiger partial charge in [0.15, 0.2) is 5.17 Å². The Morgan fingerprint density at radius 2 is 2.07 bits per heavy atom. The van der Waals surface area contributed by atoms with Crippen molar-refractivity contribution in [1.82, 2.24) is 4.90 Å². The number of amides is 2. The van der Waals surface area contributed by atoms with Gasteiger partial charge in [-0.15, -0.1) is 0 Å². The van der Waals surface area contributed by atoms with Crippen LogP contribution in [0.1, 0.15) is 6.42 Å². The van der Waals surface area contributed by atoms with Crippen LogP contribution in [0.2, 0.25) is 5.02 Å². The molecular weight excluding hydrogens is 417 g/mol. The van der Waals surface area contributed by atoms with Crippen molar-refractivity contribution < 1.29 is 18.7 Å². The SMILES string of the molecule is COCCN1C(=O)C(CC(=O)Nc2cccc(Cl)c2)SC1=Nc1ccc(F)cc1. The summed E-state index contributed by atoms with van der Waals surface area (Å²) >= 11 is 7.14. The number of hydrogen-bond donors (Lipinski definition) is 1. The molecule has 1 fully saturated rings. The van der Waals surface area contributed by atoms with Crippen molar-refractivity contribution in [2.75, 3.05) is 25.6 Å². The van der Waals surface area contributed by atoms with Gasteiger partial charge < -0.3 is 10.1 Å². The van der Waals surface area contributed by atoms with Crippen LogP contribution in [0, 0.1) is 5.82 Å². The van der Waals surface area contributed by atoms with E-state index in [0.717, 1.165) is 0 Å². The molecule has 6 nitrogen and oxygen atoms in total. The summed E-state index contributed by atoms with van der Waals surface area (Å²) in [6.45, 7) is 0.644. The maximum atomic E-state index is 13.1. The minimum absolute atomic E-state index is 0.0120. The first-order valence-electron chi connectivity index (χ1n) is 8.83. The Hall–Kier alpha value is -2.42. The number of hydrogen-bond acceptors (Lipinski definition) is 5. The van der Waals surface area contributed by atoms with Crippen LogP contribution in [-0.2, 0) is 14.3 Å². The predicted molar refractivity (Wildman–Crippen MR) is 113 cm³/mol. The van der Waals surface area contributed by atoms with Crippen LogP contribution in [0.3, 0.4) is 0 Å². The van der Waals surface area contributed by atoms with E-state index in [1.807, 2.05) is 0 Å². The van der Waals surface area contributed by atoms with Gasteiger partial charge in [-0.3, -0.25) is 14.5 Å². The minimum atomic E-state index is -0.606. The average Bonchev–Trinajstić information content (AvgIpc) is 2.96. The van der Waals surface area contributed by atoms with Crippen LogP contribution >= 0.6 is 23.4 Å². The normalized spacial score (nSPS) is 17.8. The van der Waals surface area contributed by atoms with E-state index in [-0.39, 0.29) is 24.1 Å². The predicted octanol–water partition coefficient (Wildman–Crippen LogP) is 4.09. The summed E-state index contributed by atoms with van der Waals surface area (Å²) in [6.07, 6.45) is -0.0120. The van der Waals surface area contributed by atoms with Crippen molar-refractivity contribution >= 4 is 51.7 Å². The zero-order chi connectivity index (χ0) is 20.8. The summed E-state index contributed by atoms with van der Waals surface area (Å²) < 4.78 is 18.2. The molecule has 1 heterocycles. The van der Waals surface area contributed by atoms with E-state index in [0.29, 0.717) is 34.7 Å². The number of nitrogens with one attached hydrogen (secondary N) is 1. The Labute approximate surface area is 177 Å². The first-order chi connectivity index (χ1) is 14.0. The molecular formula is C20H19ClFN3O3S. The number of carbonyl (C=O) groups is 2. The monoisotopic (exact) mass is 435 g/mol. The fourth-order valence-electron chi connectivity index (χ4n) is 2.69. The highest BCUT2D eigenvalue weighted by atomic mass is 35.5. The summed E-state index contributed by atoms with van der Waals surface area (Å²) in [5, 5.41) is 3.10.